The Morgan fingerprint density at radius 1 is 1.25 bits per heavy atom. The molecule has 0 aromatic heterocycles. The van der Waals surface area contributed by atoms with Crippen molar-refractivity contribution in [2.75, 3.05) is 13.1 Å². The molecule has 1 aliphatic heterocycles. The zero-order chi connectivity index (χ0) is 15.5. The van der Waals surface area contributed by atoms with Gasteiger partial charge in [-0.1, -0.05) is 0 Å². The van der Waals surface area contributed by atoms with Crippen LogP contribution in [0.15, 0.2) is 0 Å². The number of likely N-dealkylation sites (tertiary alicyclic amines) is 1. The predicted octanol–water partition coefficient (Wildman–Crippen LogP) is 2.32. The Balaban J connectivity index is 2.88. The van der Waals surface area contributed by atoms with Gasteiger partial charge in [0.05, 0.1) is 0 Å². The summed E-state index contributed by atoms with van der Waals surface area (Å²) >= 11 is 0. The summed E-state index contributed by atoms with van der Waals surface area (Å²) in [7, 11) is 0. The highest BCUT2D eigenvalue weighted by Crippen LogP contribution is 2.25. The molecule has 8 heteroatoms. The van der Waals surface area contributed by atoms with Gasteiger partial charge in [-0.25, -0.2) is 4.79 Å². The van der Waals surface area contributed by atoms with Crippen molar-refractivity contribution < 1.29 is 27.9 Å². The highest BCUT2D eigenvalue weighted by molar-refractivity contribution is 5.80. The lowest BCUT2D eigenvalue weighted by Gasteiger charge is -2.41. The van der Waals surface area contributed by atoms with Gasteiger partial charge in [-0.2, -0.15) is 13.2 Å². The Kier molecular flexibility index (Phi) is 5.24. The minimum atomic E-state index is -4.62. The fourth-order valence-electron chi connectivity index (χ4n) is 2.53. The fourth-order valence-corrected chi connectivity index (χ4v) is 2.53. The number of alkyl halides is 3. The van der Waals surface area contributed by atoms with Crippen LogP contribution in [-0.4, -0.2) is 58.3 Å². The number of nitrogens with zero attached hydrogens (tertiary/aromatic N) is 2. The number of carbonyl (C=O) groups is 2. The number of hydrogen-bond donors (Lipinski definition) is 1. The Labute approximate surface area is 115 Å². The number of piperidine rings is 1. The number of amides is 2. The third-order valence-corrected chi connectivity index (χ3v) is 3.38. The Morgan fingerprint density at radius 2 is 1.75 bits per heavy atom. The first kappa shape index (κ1) is 16.6. The van der Waals surface area contributed by atoms with Crippen LogP contribution >= 0.6 is 0 Å². The third-order valence-electron chi connectivity index (χ3n) is 3.38. The Bertz CT molecular complexity index is 363. The molecular weight excluding hydrogens is 277 g/mol. The summed E-state index contributed by atoms with van der Waals surface area (Å²) in [5, 5.41) is 8.68. The van der Waals surface area contributed by atoms with Gasteiger partial charge < -0.3 is 14.9 Å². The van der Waals surface area contributed by atoms with Crippen LogP contribution < -0.4 is 0 Å². The van der Waals surface area contributed by atoms with Gasteiger partial charge in [0.2, 0.25) is 0 Å². The molecule has 0 radical (unpaired) electrons. The van der Waals surface area contributed by atoms with Crippen LogP contribution in [0.5, 0.6) is 0 Å². The largest absolute Gasteiger partial charge is 0.480 e. The first-order valence-electron chi connectivity index (χ1n) is 6.47. The quantitative estimate of drug-likeness (QED) is 0.869. The number of aliphatic carboxylic acids is 1. The van der Waals surface area contributed by atoms with E-state index in [-0.39, 0.29) is 12.1 Å². The molecule has 20 heavy (non-hydrogen) atoms. The van der Waals surface area contributed by atoms with Crippen molar-refractivity contribution in [1.82, 2.24) is 9.80 Å². The molecule has 2 amide bonds. The number of carbonyl (C=O) groups excluding carboxylic acids is 1. The van der Waals surface area contributed by atoms with E-state index >= 15 is 0 Å². The second kappa shape index (κ2) is 6.32. The molecule has 1 aliphatic rings. The van der Waals surface area contributed by atoms with Crippen molar-refractivity contribution in [2.24, 2.45) is 0 Å². The Hall–Kier alpha value is -1.47. The number of rotatable bonds is 3. The van der Waals surface area contributed by atoms with Crippen LogP contribution in [0, 0.1) is 0 Å². The summed E-state index contributed by atoms with van der Waals surface area (Å²) in [5.41, 5.74) is 0. The van der Waals surface area contributed by atoms with Gasteiger partial charge in [0.15, 0.2) is 0 Å². The van der Waals surface area contributed by atoms with Crippen LogP contribution in [-0.2, 0) is 4.79 Å². The smallest absolute Gasteiger partial charge is 0.406 e. The van der Waals surface area contributed by atoms with E-state index in [0.29, 0.717) is 17.7 Å². The zero-order valence-electron chi connectivity index (χ0n) is 11.5. The number of carboxylic acid groups (broad SMARTS) is 1. The van der Waals surface area contributed by atoms with Gasteiger partial charge in [-0.3, -0.25) is 4.79 Å². The van der Waals surface area contributed by atoms with E-state index in [9.17, 15) is 22.8 Å². The molecule has 5 nitrogen and oxygen atoms in total. The van der Waals surface area contributed by atoms with Gasteiger partial charge >= 0.3 is 18.2 Å². The SMILES string of the molecule is C[C@@H]1CCC[C@H](C)N1C(=O)N(CC(=O)O)CC(F)(F)F. The topological polar surface area (TPSA) is 60.9 Å². The van der Waals surface area contributed by atoms with Crippen LogP contribution in [0.4, 0.5) is 18.0 Å². The van der Waals surface area contributed by atoms with Gasteiger partial charge in [-0.05, 0) is 33.1 Å². The van der Waals surface area contributed by atoms with Crippen molar-refractivity contribution in [3.05, 3.63) is 0 Å². The molecule has 0 bridgehead atoms. The van der Waals surface area contributed by atoms with Gasteiger partial charge in [0, 0.05) is 12.1 Å². The fraction of sp³-hybridized carbons (Fsp3) is 0.833. The highest BCUT2D eigenvalue weighted by atomic mass is 19.4. The average Bonchev–Trinajstić information content (AvgIpc) is 2.25. The summed E-state index contributed by atoms with van der Waals surface area (Å²) in [6, 6.07) is -1.23. The normalized spacial score (nSPS) is 23.6. The summed E-state index contributed by atoms with van der Waals surface area (Å²) in [5.74, 6) is -1.46. The summed E-state index contributed by atoms with van der Waals surface area (Å²) in [6.07, 6.45) is -2.29. The number of hydrogen-bond acceptors (Lipinski definition) is 2. The van der Waals surface area contributed by atoms with Crippen molar-refractivity contribution in [2.45, 2.75) is 51.4 Å². The van der Waals surface area contributed by atoms with E-state index in [1.807, 2.05) is 0 Å². The van der Waals surface area contributed by atoms with Gasteiger partial charge in [-0.15, -0.1) is 0 Å². The molecule has 0 saturated carbocycles. The van der Waals surface area contributed by atoms with Crippen LogP contribution in [0.3, 0.4) is 0 Å². The van der Waals surface area contributed by atoms with E-state index in [4.69, 9.17) is 5.11 Å². The standard InChI is InChI=1S/C12H19F3N2O3/c1-8-4-3-5-9(2)17(8)11(20)16(6-10(18)19)7-12(13,14)15/h8-9H,3-7H2,1-2H3,(H,18,19)/t8-,9+. The summed E-state index contributed by atoms with van der Waals surface area (Å²) < 4.78 is 37.4. The molecular formula is C12H19F3N2O3. The molecule has 1 saturated heterocycles. The molecule has 0 spiro atoms. The van der Waals surface area contributed by atoms with E-state index < -0.39 is 31.3 Å². The molecule has 0 aromatic carbocycles. The minimum Gasteiger partial charge on any atom is -0.480 e. The lowest BCUT2D eigenvalue weighted by Crippen LogP contribution is -2.55. The van der Waals surface area contributed by atoms with E-state index in [1.54, 1.807) is 13.8 Å². The average molecular weight is 296 g/mol. The van der Waals surface area contributed by atoms with Crippen molar-refractivity contribution in [3.8, 4) is 0 Å². The summed E-state index contributed by atoms with van der Waals surface area (Å²) in [6.45, 7) is 1.03. The summed E-state index contributed by atoms with van der Waals surface area (Å²) in [4.78, 5) is 24.6. The molecule has 116 valence electrons. The van der Waals surface area contributed by atoms with Gasteiger partial charge in [0.25, 0.3) is 0 Å². The predicted molar refractivity (Wildman–Crippen MR) is 65.3 cm³/mol. The maximum Gasteiger partial charge on any atom is 0.406 e. The number of halogens is 3. The first-order chi connectivity index (χ1) is 9.11. The van der Waals surface area contributed by atoms with Crippen LogP contribution in [0.25, 0.3) is 0 Å². The highest BCUT2D eigenvalue weighted by Gasteiger charge is 2.38. The number of urea groups is 1. The zero-order valence-corrected chi connectivity index (χ0v) is 11.5. The molecule has 0 unspecified atom stereocenters. The van der Waals surface area contributed by atoms with E-state index in [1.165, 1.54) is 4.90 Å². The van der Waals surface area contributed by atoms with Gasteiger partial charge in [0.1, 0.15) is 13.1 Å². The lowest BCUT2D eigenvalue weighted by molar-refractivity contribution is -0.150. The molecule has 1 N–H and O–H groups in total. The van der Waals surface area contributed by atoms with Crippen LogP contribution in [0.2, 0.25) is 0 Å². The first-order valence-corrected chi connectivity index (χ1v) is 6.47. The maximum absolute atomic E-state index is 12.5. The Morgan fingerprint density at radius 3 is 2.15 bits per heavy atom. The van der Waals surface area contributed by atoms with Crippen LogP contribution in [0.1, 0.15) is 33.1 Å². The second-order valence-corrected chi connectivity index (χ2v) is 5.18. The lowest BCUT2D eigenvalue weighted by atomic mass is 9.98. The van der Waals surface area contributed by atoms with Crippen molar-refractivity contribution in [1.29, 1.82) is 0 Å². The van der Waals surface area contributed by atoms with Crippen molar-refractivity contribution >= 4 is 12.0 Å². The third kappa shape index (κ3) is 4.57. The molecule has 1 heterocycles. The monoisotopic (exact) mass is 296 g/mol. The molecule has 1 fully saturated rings. The van der Waals surface area contributed by atoms with E-state index in [2.05, 4.69) is 0 Å². The second-order valence-electron chi connectivity index (χ2n) is 5.18. The number of carboxylic acids is 1. The molecule has 1 rings (SSSR count). The minimum absolute atomic E-state index is 0.184. The molecule has 0 aromatic rings. The molecule has 2 atom stereocenters. The van der Waals surface area contributed by atoms with E-state index in [0.717, 1.165) is 6.42 Å². The van der Waals surface area contributed by atoms with Crippen molar-refractivity contribution in [3.63, 3.8) is 0 Å². The maximum atomic E-state index is 12.5. The molecule has 0 aliphatic carbocycles.